The Hall–Kier alpha value is -2.89. The van der Waals surface area contributed by atoms with Gasteiger partial charge < -0.3 is 15.0 Å². The van der Waals surface area contributed by atoms with E-state index in [-0.39, 0.29) is 29.3 Å². The van der Waals surface area contributed by atoms with E-state index < -0.39 is 0 Å². The molecule has 3 rings (SSSR count). The highest BCUT2D eigenvalue weighted by Crippen LogP contribution is 2.21. The molecule has 1 aliphatic heterocycles. The van der Waals surface area contributed by atoms with Crippen LogP contribution in [0.4, 0.5) is 14.9 Å². The Balaban J connectivity index is 1.55. The van der Waals surface area contributed by atoms with Gasteiger partial charge in [0.05, 0.1) is 6.61 Å². The summed E-state index contributed by atoms with van der Waals surface area (Å²) < 4.78 is 19.3. The monoisotopic (exact) mass is 370 g/mol. The standard InChI is InChI=1S/C21H23FN2O3/c1-15(25)17-7-4-8-18(12-17)23-21(26)24-11-5-6-16(13-24)14-27-20-10-3-2-9-19(20)22/h2-4,7-10,12,16H,5-6,11,13-14H2,1H3,(H,23,26)/t16-/m1/s1. The summed E-state index contributed by atoms with van der Waals surface area (Å²) in [6.45, 7) is 3.07. The minimum atomic E-state index is -0.381. The molecule has 0 bridgehead atoms. The van der Waals surface area contributed by atoms with Crippen molar-refractivity contribution in [2.45, 2.75) is 19.8 Å². The molecule has 1 heterocycles. The van der Waals surface area contributed by atoms with Crippen molar-refractivity contribution in [1.29, 1.82) is 0 Å². The van der Waals surface area contributed by atoms with Gasteiger partial charge in [-0.15, -0.1) is 0 Å². The van der Waals surface area contributed by atoms with Crippen molar-refractivity contribution in [3.05, 3.63) is 59.9 Å². The number of piperidine rings is 1. The van der Waals surface area contributed by atoms with Crippen molar-refractivity contribution in [1.82, 2.24) is 4.90 Å². The maximum atomic E-state index is 13.7. The van der Waals surface area contributed by atoms with Gasteiger partial charge in [0.25, 0.3) is 0 Å². The number of halogens is 1. The molecule has 1 N–H and O–H groups in total. The average molecular weight is 370 g/mol. The van der Waals surface area contributed by atoms with Crippen LogP contribution in [0.15, 0.2) is 48.5 Å². The largest absolute Gasteiger partial charge is 0.490 e. The van der Waals surface area contributed by atoms with Crippen LogP contribution >= 0.6 is 0 Å². The van der Waals surface area contributed by atoms with E-state index in [0.717, 1.165) is 12.8 Å². The predicted molar refractivity (Wildman–Crippen MR) is 102 cm³/mol. The van der Waals surface area contributed by atoms with E-state index in [2.05, 4.69) is 5.32 Å². The van der Waals surface area contributed by atoms with Gasteiger partial charge in [-0.05, 0) is 44.0 Å². The van der Waals surface area contributed by atoms with E-state index in [1.807, 2.05) is 0 Å². The van der Waals surface area contributed by atoms with Crippen LogP contribution in [-0.4, -0.2) is 36.4 Å². The summed E-state index contributed by atoms with van der Waals surface area (Å²) in [5.41, 5.74) is 1.15. The number of rotatable bonds is 5. The van der Waals surface area contributed by atoms with Crippen LogP contribution in [0.2, 0.25) is 0 Å². The molecule has 0 unspecified atom stereocenters. The lowest BCUT2D eigenvalue weighted by Gasteiger charge is -2.32. The van der Waals surface area contributed by atoms with Gasteiger partial charge in [-0.25, -0.2) is 9.18 Å². The summed E-state index contributed by atoms with van der Waals surface area (Å²) >= 11 is 0. The zero-order valence-corrected chi connectivity index (χ0v) is 15.3. The number of hydrogen-bond donors (Lipinski definition) is 1. The first-order valence-electron chi connectivity index (χ1n) is 9.07. The van der Waals surface area contributed by atoms with Crippen LogP contribution < -0.4 is 10.1 Å². The number of urea groups is 1. The summed E-state index contributed by atoms with van der Waals surface area (Å²) in [6, 6.07) is 13.0. The Kier molecular flexibility index (Phi) is 6.06. The molecule has 2 aromatic rings. The fourth-order valence-corrected chi connectivity index (χ4v) is 3.17. The van der Waals surface area contributed by atoms with E-state index in [1.54, 1.807) is 47.4 Å². The molecule has 0 saturated carbocycles. The lowest BCUT2D eigenvalue weighted by molar-refractivity contribution is 0.101. The van der Waals surface area contributed by atoms with Crippen LogP contribution in [0.5, 0.6) is 5.75 Å². The molecule has 1 saturated heterocycles. The molecular weight excluding hydrogens is 347 g/mol. The molecule has 0 aliphatic carbocycles. The molecule has 1 aliphatic rings. The van der Waals surface area contributed by atoms with E-state index >= 15 is 0 Å². The van der Waals surface area contributed by atoms with Crippen molar-refractivity contribution >= 4 is 17.5 Å². The number of ketones is 1. The molecule has 1 fully saturated rings. The average Bonchev–Trinajstić information content (AvgIpc) is 2.68. The second kappa shape index (κ2) is 8.66. The van der Waals surface area contributed by atoms with Gasteiger partial charge in [0.15, 0.2) is 17.3 Å². The maximum absolute atomic E-state index is 13.7. The number of likely N-dealkylation sites (tertiary alicyclic amines) is 1. The van der Waals surface area contributed by atoms with E-state index in [4.69, 9.17) is 4.74 Å². The fourth-order valence-electron chi connectivity index (χ4n) is 3.17. The molecule has 2 aromatic carbocycles. The van der Waals surface area contributed by atoms with Gasteiger partial charge >= 0.3 is 6.03 Å². The number of hydrogen-bond acceptors (Lipinski definition) is 3. The fraction of sp³-hybridized carbons (Fsp3) is 0.333. The number of amides is 2. The molecule has 142 valence electrons. The predicted octanol–water partition coefficient (Wildman–Crippen LogP) is 4.35. The first-order chi connectivity index (χ1) is 13.0. The van der Waals surface area contributed by atoms with E-state index in [1.165, 1.54) is 13.0 Å². The highest BCUT2D eigenvalue weighted by atomic mass is 19.1. The molecule has 27 heavy (non-hydrogen) atoms. The molecule has 1 atom stereocenters. The number of Topliss-reactive ketones (excluding diaryl/α,β-unsaturated/α-hetero) is 1. The number of carbonyl (C=O) groups excluding carboxylic acids is 2. The zero-order chi connectivity index (χ0) is 19.2. The van der Waals surface area contributed by atoms with Crippen molar-refractivity contribution in [2.24, 2.45) is 5.92 Å². The van der Waals surface area contributed by atoms with Crippen molar-refractivity contribution in [3.63, 3.8) is 0 Å². The van der Waals surface area contributed by atoms with Gasteiger partial charge in [-0.1, -0.05) is 24.3 Å². The number of nitrogens with one attached hydrogen (secondary N) is 1. The van der Waals surface area contributed by atoms with Crippen LogP contribution in [0, 0.1) is 11.7 Å². The number of benzene rings is 2. The number of carbonyl (C=O) groups is 2. The lowest BCUT2D eigenvalue weighted by atomic mass is 9.99. The SMILES string of the molecule is CC(=O)c1cccc(NC(=O)N2CCC[C@@H](COc3ccccc3F)C2)c1. The first-order valence-corrected chi connectivity index (χ1v) is 9.07. The number of para-hydroxylation sites is 1. The Morgan fingerprint density at radius 1 is 1.22 bits per heavy atom. The highest BCUT2D eigenvalue weighted by molar-refractivity contribution is 5.96. The summed E-state index contributed by atoms with van der Waals surface area (Å²) in [5, 5.41) is 2.84. The quantitative estimate of drug-likeness (QED) is 0.796. The number of nitrogens with zero attached hydrogens (tertiary/aromatic N) is 1. The van der Waals surface area contributed by atoms with Gasteiger partial charge in [0, 0.05) is 30.3 Å². The van der Waals surface area contributed by atoms with Crippen LogP contribution in [0.3, 0.4) is 0 Å². The smallest absolute Gasteiger partial charge is 0.321 e. The minimum absolute atomic E-state index is 0.0468. The molecular formula is C21H23FN2O3. The van der Waals surface area contributed by atoms with Crippen molar-refractivity contribution < 1.29 is 18.7 Å². The molecule has 2 amide bonds. The van der Waals surface area contributed by atoms with Gasteiger partial charge in [-0.2, -0.15) is 0 Å². The Morgan fingerprint density at radius 2 is 2.04 bits per heavy atom. The van der Waals surface area contributed by atoms with Crippen LogP contribution in [0.1, 0.15) is 30.1 Å². The molecule has 0 aromatic heterocycles. The zero-order valence-electron chi connectivity index (χ0n) is 15.3. The van der Waals surface area contributed by atoms with Gasteiger partial charge in [-0.3, -0.25) is 4.79 Å². The highest BCUT2D eigenvalue weighted by Gasteiger charge is 2.24. The third-order valence-corrected chi connectivity index (χ3v) is 4.64. The normalized spacial score (nSPS) is 16.7. The van der Waals surface area contributed by atoms with Crippen molar-refractivity contribution in [2.75, 3.05) is 25.0 Å². The second-order valence-electron chi connectivity index (χ2n) is 6.76. The topological polar surface area (TPSA) is 58.6 Å². The Labute approximate surface area is 158 Å². The summed E-state index contributed by atoms with van der Waals surface area (Å²) in [4.78, 5) is 25.8. The minimum Gasteiger partial charge on any atom is -0.490 e. The summed E-state index contributed by atoms with van der Waals surface area (Å²) in [5.74, 6) is -0.0459. The maximum Gasteiger partial charge on any atom is 0.321 e. The van der Waals surface area contributed by atoms with Crippen LogP contribution in [0.25, 0.3) is 0 Å². The van der Waals surface area contributed by atoms with Crippen LogP contribution in [-0.2, 0) is 0 Å². The van der Waals surface area contributed by atoms with Crippen molar-refractivity contribution in [3.8, 4) is 5.75 Å². The molecule has 5 nitrogen and oxygen atoms in total. The molecule has 6 heteroatoms. The third kappa shape index (κ3) is 5.06. The van der Waals surface area contributed by atoms with Gasteiger partial charge in [0.1, 0.15) is 0 Å². The Bertz CT molecular complexity index is 825. The number of ether oxygens (including phenoxy) is 1. The molecule has 0 radical (unpaired) electrons. The van der Waals surface area contributed by atoms with E-state index in [0.29, 0.717) is 30.9 Å². The van der Waals surface area contributed by atoms with Gasteiger partial charge in [0.2, 0.25) is 0 Å². The summed E-state index contributed by atoms with van der Waals surface area (Å²) in [6.07, 6.45) is 1.80. The third-order valence-electron chi connectivity index (χ3n) is 4.64. The Morgan fingerprint density at radius 3 is 2.81 bits per heavy atom. The second-order valence-corrected chi connectivity index (χ2v) is 6.76. The number of anilines is 1. The molecule has 0 spiro atoms. The van der Waals surface area contributed by atoms with E-state index in [9.17, 15) is 14.0 Å². The summed E-state index contributed by atoms with van der Waals surface area (Å²) in [7, 11) is 0. The lowest BCUT2D eigenvalue weighted by Crippen LogP contribution is -2.43. The first kappa shape index (κ1) is 18.9.